The highest BCUT2D eigenvalue weighted by Gasteiger charge is 2.12. The predicted molar refractivity (Wildman–Crippen MR) is 38.3 cm³/mol. The Hall–Kier alpha value is -0.890. The van der Waals surface area contributed by atoms with Gasteiger partial charge in [0, 0.05) is 7.11 Å². The lowest BCUT2D eigenvalue weighted by molar-refractivity contribution is 0.147. The highest BCUT2D eigenvalue weighted by atomic mass is 19.1. The summed E-state index contributed by atoms with van der Waals surface area (Å²) in [5.74, 6) is -0.282. The van der Waals surface area contributed by atoms with Crippen molar-refractivity contribution >= 4 is 0 Å². The maximum atomic E-state index is 12.7. The molecule has 0 N–H and O–H groups in total. The zero-order valence-corrected chi connectivity index (χ0v) is 5.80. The molecule has 0 aromatic heterocycles. The average Bonchev–Trinajstić information content (AvgIpc) is 1.88. The first kappa shape index (κ1) is 7.22. The van der Waals surface area contributed by atoms with Crippen LogP contribution in [0.15, 0.2) is 36.2 Å². The summed E-state index contributed by atoms with van der Waals surface area (Å²) < 4.78 is 17.5. The van der Waals surface area contributed by atoms with E-state index in [-0.39, 0.29) is 5.83 Å². The minimum Gasteiger partial charge on any atom is -0.370 e. The molecule has 1 rings (SSSR count). The second-order valence-corrected chi connectivity index (χ2v) is 2.12. The number of hydrogen-bond donors (Lipinski definition) is 0. The standard InChI is InChI=1S/C8H9FO/c1-6-3-4-8(10-2)7(9)5-6/h3-5,8H,1H2,2H3. The monoisotopic (exact) mass is 140 g/mol. The van der Waals surface area contributed by atoms with Crippen molar-refractivity contribution in [3.63, 3.8) is 0 Å². The smallest absolute Gasteiger partial charge is 0.133 e. The topological polar surface area (TPSA) is 9.23 Å². The molecule has 0 amide bonds. The van der Waals surface area contributed by atoms with Crippen molar-refractivity contribution in [2.75, 3.05) is 7.11 Å². The Balaban J connectivity index is 2.75. The van der Waals surface area contributed by atoms with E-state index in [1.807, 2.05) is 0 Å². The van der Waals surface area contributed by atoms with Gasteiger partial charge >= 0.3 is 0 Å². The van der Waals surface area contributed by atoms with Gasteiger partial charge in [-0.05, 0) is 17.7 Å². The third kappa shape index (κ3) is 1.33. The van der Waals surface area contributed by atoms with Crippen LogP contribution in [0.5, 0.6) is 0 Å². The van der Waals surface area contributed by atoms with Crippen LogP contribution in [0.2, 0.25) is 0 Å². The van der Waals surface area contributed by atoms with E-state index in [2.05, 4.69) is 6.58 Å². The van der Waals surface area contributed by atoms with E-state index in [1.165, 1.54) is 13.2 Å². The van der Waals surface area contributed by atoms with Crippen molar-refractivity contribution in [3.8, 4) is 0 Å². The van der Waals surface area contributed by atoms with E-state index < -0.39 is 6.10 Å². The lowest BCUT2D eigenvalue weighted by Gasteiger charge is -2.11. The Kier molecular flexibility index (Phi) is 2.02. The van der Waals surface area contributed by atoms with E-state index in [1.54, 1.807) is 12.2 Å². The highest BCUT2D eigenvalue weighted by molar-refractivity contribution is 5.36. The summed E-state index contributed by atoms with van der Waals surface area (Å²) in [5, 5.41) is 0. The molecule has 54 valence electrons. The van der Waals surface area contributed by atoms with Gasteiger partial charge in [0.25, 0.3) is 0 Å². The zero-order chi connectivity index (χ0) is 7.56. The molecule has 1 atom stereocenters. The minimum absolute atomic E-state index is 0.282. The molecular formula is C8H9FO. The van der Waals surface area contributed by atoms with E-state index >= 15 is 0 Å². The van der Waals surface area contributed by atoms with Crippen LogP contribution in [0.25, 0.3) is 0 Å². The largest absolute Gasteiger partial charge is 0.370 e. The molecule has 0 saturated carbocycles. The maximum absolute atomic E-state index is 12.7. The number of halogens is 1. The maximum Gasteiger partial charge on any atom is 0.133 e. The van der Waals surface area contributed by atoms with Crippen LogP contribution in [0.3, 0.4) is 0 Å². The predicted octanol–water partition coefficient (Wildman–Crippen LogP) is 1.98. The van der Waals surface area contributed by atoms with Gasteiger partial charge in [-0.2, -0.15) is 0 Å². The lowest BCUT2D eigenvalue weighted by Crippen LogP contribution is -2.09. The summed E-state index contributed by atoms with van der Waals surface area (Å²) in [6.07, 6.45) is 4.23. The summed E-state index contributed by atoms with van der Waals surface area (Å²) >= 11 is 0. The fourth-order valence-electron chi connectivity index (χ4n) is 0.801. The first-order chi connectivity index (χ1) is 4.74. The van der Waals surface area contributed by atoms with E-state index in [0.29, 0.717) is 5.57 Å². The Bertz CT molecular complexity index is 203. The Labute approximate surface area is 59.5 Å². The molecule has 1 unspecified atom stereocenters. The molecule has 2 heteroatoms. The third-order valence-corrected chi connectivity index (χ3v) is 1.33. The SMILES string of the molecule is C=C1C=CC(OC)C(F)=C1. The van der Waals surface area contributed by atoms with E-state index in [0.717, 1.165) is 0 Å². The molecule has 0 aromatic rings. The van der Waals surface area contributed by atoms with Gasteiger partial charge in [-0.1, -0.05) is 12.7 Å². The van der Waals surface area contributed by atoms with Gasteiger partial charge in [0.15, 0.2) is 0 Å². The number of hydrogen-bond acceptors (Lipinski definition) is 1. The van der Waals surface area contributed by atoms with Crippen LogP contribution in [-0.4, -0.2) is 13.2 Å². The zero-order valence-electron chi connectivity index (χ0n) is 5.80. The van der Waals surface area contributed by atoms with Gasteiger partial charge in [-0.25, -0.2) is 4.39 Å². The van der Waals surface area contributed by atoms with Crippen LogP contribution in [0, 0.1) is 0 Å². The number of ether oxygens (including phenoxy) is 1. The number of allylic oxidation sites excluding steroid dienone is 3. The van der Waals surface area contributed by atoms with E-state index in [9.17, 15) is 4.39 Å². The second kappa shape index (κ2) is 2.80. The van der Waals surface area contributed by atoms with Crippen LogP contribution in [-0.2, 0) is 4.74 Å². The summed E-state index contributed by atoms with van der Waals surface area (Å²) in [7, 11) is 1.47. The van der Waals surface area contributed by atoms with Crippen molar-refractivity contribution in [1.82, 2.24) is 0 Å². The Morgan fingerprint density at radius 2 is 2.40 bits per heavy atom. The third-order valence-electron chi connectivity index (χ3n) is 1.33. The summed E-state index contributed by atoms with van der Waals surface area (Å²) in [5.41, 5.74) is 0.672. The summed E-state index contributed by atoms with van der Waals surface area (Å²) in [4.78, 5) is 0. The van der Waals surface area contributed by atoms with E-state index in [4.69, 9.17) is 4.74 Å². The van der Waals surface area contributed by atoms with Crippen LogP contribution >= 0.6 is 0 Å². The quantitative estimate of drug-likeness (QED) is 0.541. The van der Waals surface area contributed by atoms with Crippen LogP contribution < -0.4 is 0 Å². The molecule has 0 fully saturated rings. The van der Waals surface area contributed by atoms with Gasteiger partial charge in [0.05, 0.1) is 0 Å². The molecular weight excluding hydrogens is 131 g/mol. The molecule has 1 aliphatic carbocycles. The van der Waals surface area contributed by atoms with Gasteiger partial charge < -0.3 is 4.74 Å². The Morgan fingerprint density at radius 3 is 2.90 bits per heavy atom. The fraction of sp³-hybridized carbons (Fsp3) is 0.250. The molecule has 1 aliphatic rings. The van der Waals surface area contributed by atoms with Crippen molar-refractivity contribution in [2.24, 2.45) is 0 Å². The molecule has 0 heterocycles. The normalized spacial score (nSPS) is 24.8. The lowest BCUT2D eigenvalue weighted by atomic mass is 10.1. The average molecular weight is 140 g/mol. The first-order valence-corrected chi connectivity index (χ1v) is 3.01. The molecule has 1 nitrogen and oxygen atoms in total. The minimum atomic E-state index is -0.509. The number of methoxy groups -OCH3 is 1. The van der Waals surface area contributed by atoms with Crippen LogP contribution in [0.1, 0.15) is 0 Å². The molecule has 0 bridgehead atoms. The summed E-state index contributed by atoms with van der Waals surface area (Å²) in [6.45, 7) is 3.57. The second-order valence-electron chi connectivity index (χ2n) is 2.12. The summed E-state index contributed by atoms with van der Waals surface area (Å²) in [6, 6.07) is 0. The fourth-order valence-corrected chi connectivity index (χ4v) is 0.801. The van der Waals surface area contributed by atoms with Gasteiger partial charge in [-0.3, -0.25) is 0 Å². The van der Waals surface area contributed by atoms with Crippen molar-refractivity contribution < 1.29 is 9.13 Å². The molecule has 10 heavy (non-hydrogen) atoms. The highest BCUT2D eigenvalue weighted by Crippen LogP contribution is 2.17. The van der Waals surface area contributed by atoms with Gasteiger partial charge in [0.1, 0.15) is 11.9 Å². The molecule has 0 saturated heterocycles. The molecule has 0 aromatic carbocycles. The van der Waals surface area contributed by atoms with Crippen LogP contribution in [0.4, 0.5) is 4.39 Å². The van der Waals surface area contributed by atoms with Crippen molar-refractivity contribution in [1.29, 1.82) is 0 Å². The molecule has 0 spiro atoms. The molecule has 0 radical (unpaired) electrons. The Morgan fingerprint density at radius 1 is 1.70 bits per heavy atom. The van der Waals surface area contributed by atoms with Gasteiger partial charge in [0.2, 0.25) is 0 Å². The number of rotatable bonds is 1. The first-order valence-electron chi connectivity index (χ1n) is 3.01. The van der Waals surface area contributed by atoms with Gasteiger partial charge in [-0.15, -0.1) is 0 Å². The van der Waals surface area contributed by atoms with Crippen molar-refractivity contribution in [2.45, 2.75) is 6.10 Å². The molecule has 0 aliphatic heterocycles. The van der Waals surface area contributed by atoms with Crippen molar-refractivity contribution in [3.05, 3.63) is 36.2 Å².